The predicted octanol–water partition coefficient (Wildman–Crippen LogP) is 1.61. The molecule has 2 heterocycles. The fraction of sp³-hybridized carbons (Fsp3) is 0.938. The van der Waals surface area contributed by atoms with Gasteiger partial charge < -0.3 is 10.2 Å². The number of amides is 1. The number of unbranched alkanes of at least 4 members (excludes halogenated alkanes) is 1. The average molecular weight is 365 g/mol. The van der Waals surface area contributed by atoms with E-state index < -0.39 is 9.84 Å². The Balaban J connectivity index is 0.00000192. The maximum atomic E-state index is 13.0. The van der Waals surface area contributed by atoms with Gasteiger partial charge in [0.25, 0.3) is 0 Å². The molecule has 1 amide bonds. The Bertz CT molecular complexity index is 531. The highest BCUT2D eigenvalue weighted by atomic mass is 35.5. The van der Waals surface area contributed by atoms with Gasteiger partial charge in [0.2, 0.25) is 5.91 Å². The van der Waals surface area contributed by atoms with Crippen molar-refractivity contribution in [2.45, 2.75) is 51.5 Å². The molecule has 7 heteroatoms. The maximum absolute atomic E-state index is 13.0. The smallest absolute Gasteiger partial charge is 0.226 e. The van der Waals surface area contributed by atoms with Gasteiger partial charge in [-0.05, 0) is 50.6 Å². The number of hydrogen-bond acceptors (Lipinski definition) is 4. The van der Waals surface area contributed by atoms with Crippen LogP contribution < -0.4 is 5.32 Å². The van der Waals surface area contributed by atoms with E-state index in [4.69, 9.17) is 0 Å². The normalized spacial score (nSPS) is 30.7. The molecule has 3 rings (SSSR count). The molecule has 0 aromatic rings. The topological polar surface area (TPSA) is 66.5 Å². The molecule has 0 aromatic heterocycles. The number of sulfone groups is 1. The van der Waals surface area contributed by atoms with Crippen LogP contribution in [0.1, 0.15) is 45.4 Å². The van der Waals surface area contributed by atoms with E-state index in [9.17, 15) is 13.2 Å². The van der Waals surface area contributed by atoms with Crippen LogP contribution in [-0.2, 0) is 14.6 Å². The molecule has 23 heavy (non-hydrogen) atoms. The number of carbonyl (C=O) groups is 1. The second kappa shape index (κ2) is 7.28. The summed E-state index contributed by atoms with van der Waals surface area (Å²) in [7, 11) is -2.94. The van der Waals surface area contributed by atoms with Crippen molar-refractivity contribution < 1.29 is 13.2 Å². The molecule has 1 aliphatic carbocycles. The lowest BCUT2D eigenvalue weighted by molar-refractivity contribution is -0.135. The van der Waals surface area contributed by atoms with Gasteiger partial charge >= 0.3 is 0 Å². The Morgan fingerprint density at radius 2 is 2.00 bits per heavy atom. The predicted molar refractivity (Wildman–Crippen MR) is 93.6 cm³/mol. The molecule has 2 saturated heterocycles. The molecule has 0 aromatic carbocycles. The second-order valence-corrected chi connectivity index (χ2v) is 9.54. The molecular formula is C16H29ClN2O3S. The lowest BCUT2D eigenvalue weighted by Gasteiger charge is -2.30. The fourth-order valence-corrected chi connectivity index (χ4v) is 5.93. The van der Waals surface area contributed by atoms with Crippen LogP contribution in [0.15, 0.2) is 0 Å². The number of halogens is 1. The first-order valence-corrected chi connectivity index (χ1v) is 10.5. The van der Waals surface area contributed by atoms with Crippen LogP contribution >= 0.6 is 12.4 Å². The van der Waals surface area contributed by atoms with Crippen molar-refractivity contribution in [3.05, 3.63) is 0 Å². The number of rotatable bonds is 5. The molecule has 2 atom stereocenters. The molecule has 5 nitrogen and oxygen atoms in total. The van der Waals surface area contributed by atoms with E-state index in [1.54, 1.807) is 0 Å². The first-order valence-electron chi connectivity index (χ1n) is 8.69. The van der Waals surface area contributed by atoms with Crippen molar-refractivity contribution in [2.24, 2.45) is 11.3 Å². The number of hydrogen-bond donors (Lipinski definition) is 1. The number of nitrogens with one attached hydrogen (secondary N) is 1. The van der Waals surface area contributed by atoms with Gasteiger partial charge in [0.05, 0.1) is 11.5 Å². The van der Waals surface area contributed by atoms with E-state index in [1.807, 2.05) is 4.90 Å². The van der Waals surface area contributed by atoms with Crippen LogP contribution in [0.4, 0.5) is 0 Å². The van der Waals surface area contributed by atoms with Gasteiger partial charge in [-0.15, -0.1) is 12.4 Å². The molecule has 0 bridgehead atoms. The van der Waals surface area contributed by atoms with E-state index in [0.717, 1.165) is 51.7 Å². The SMILES string of the molecule is CCCCN(C(=O)C1CC12CCNCC2)C1CCS(=O)(=O)C1.Cl. The largest absolute Gasteiger partial charge is 0.338 e. The van der Waals surface area contributed by atoms with Gasteiger partial charge in [-0.25, -0.2) is 8.42 Å². The summed E-state index contributed by atoms with van der Waals surface area (Å²) in [6, 6.07) is -0.0802. The second-order valence-electron chi connectivity index (χ2n) is 7.31. The van der Waals surface area contributed by atoms with Crippen molar-refractivity contribution in [3.8, 4) is 0 Å². The molecule has 134 valence electrons. The average Bonchev–Trinajstić information content (AvgIpc) is 3.05. The van der Waals surface area contributed by atoms with E-state index in [-0.39, 0.29) is 47.2 Å². The van der Waals surface area contributed by atoms with Gasteiger partial charge in [-0.1, -0.05) is 13.3 Å². The molecular weight excluding hydrogens is 336 g/mol. The van der Waals surface area contributed by atoms with Crippen molar-refractivity contribution in [3.63, 3.8) is 0 Å². The Labute approximate surface area is 145 Å². The van der Waals surface area contributed by atoms with Crippen molar-refractivity contribution >= 4 is 28.2 Å². The zero-order chi connectivity index (χ0) is 15.8. The molecule has 1 spiro atoms. The number of nitrogens with zero attached hydrogens (tertiary/aromatic N) is 1. The molecule has 1 saturated carbocycles. The van der Waals surface area contributed by atoms with Crippen molar-refractivity contribution in [2.75, 3.05) is 31.1 Å². The maximum Gasteiger partial charge on any atom is 0.226 e. The Kier molecular flexibility index (Phi) is 6.01. The Morgan fingerprint density at radius 1 is 1.30 bits per heavy atom. The first kappa shape index (κ1) is 19.0. The minimum Gasteiger partial charge on any atom is -0.338 e. The summed E-state index contributed by atoms with van der Waals surface area (Å²) < 4.78 is 23.6. The molecule has 2 unspecified atom stereocenters. The van der Waals surface area contributed by atoms with E-state index in [1.165, 1.54) is 0 Å². The van der Waals surface area contributed by atoms with Crippen LogP contribution in [-0.4, -0.2) is 56.4 Å². The summed E-state index contributed by atoms with van der Waals surface area (Å²) in [5.41, 5.74) is 0.226. The minimum absolute atomic E-state index is 0. The summed E-state index contributed by atoms with van der Waals surface area (Å²) in [5.74, 6) is 0.795. The van der Waals surface area contributed by atoms with Gasteiger partial charge in [0.1, 0.15) is 0 Å². The number of piperidine rings is 1. The monoisotopic (exact) mass is 364 g/mol. The number of carbonyl (C=O) groups excluding carboxylic acids is 1. The summed E-state index contributed by atoms with van der Waals surface area (Å²) >= 11 is 0. The fourth-order valence-electron chi connectivity index (χ4n) is 4.20. The van der Waals surface area contributed by atoms with E-state index in [0.29, 0.717) is 6.42 Å². The standard InChI is InChI=1S/C16H28N2O3S.ClH/c1-2-3-9-18(13-4-10-22(20,21)12-13)15(19)14-11-16(14)5-7-17-8-6-16;/h13-14,17H,2-12H2,1H3;1H. The van der Waals surface area contributed by atoms with Crippen LogP contribution in [0.3, 0.4) is 0 Å². The molecule has 2 aliphatic heterocycles. The summed E-state index contributed by atoms with van der Waals surface area (Å²) in [5, 5.41) is 3.37. The minimum atomic E-state index is -2.94. The van der Waals surface area contributed by atoms with E-state index in [2.05, 4.69) is 12.2 Å². The first-order chi connectivity index (χ1) is 10.5. The highest BCUT2D eigenvalue weighted by molar-refractivity contribution is 7.91. The zero-order valence-corrected chi connectivity index (χ0v) is 15.6. The molecule has 3 fully saturated rings. The van der Waals surface area contributed by atoms with Gasteiger partial charge in [0.15, 0.2) is 9.84 Å². The Morgan fingerprint density at radius 3 is 2.57 bits per heavy atom. The summed E-state index contributed by atoms with van der Waals surface area (Å²) in [6.07, 6.45) is 5.81. The van der Waals surface area contributed by atoms with E-state index >= 15 is 0 Å². The van der Waals surface area contributed by atoms with Gasteiger partial charge in [-0.2, -0.15) is 0 Å². The third-order valence-corrected chi connectivity index (χ3v) is 7.52. The lowest BCUT2D eigenvalue weighted by Crippen LogP contribution is -2.44. The van der Waals surface area contributed by atoms with Gasteiger partial charge in [0, 0.05) is 18.5 Å². The van der Waals surface area contributed by atoms with Crippen molar-refractivity contribution in [1.82, 2.24) is 10.2 Å². The third kappa shape index (κ3) is 4.02. The lowest BCUT2D eigenvalue weighted by atomic mass is 9.91. The molecule has 3 aliphatic rings. The highest BCUT2D eigenvalue weighted by Crippen LogP contribution is 2.59. The van der Waals surface area contributed by atoms with Crippen LogP contribution in [0.5, 0.6) is 0 Å². The highest BCUT2D eigenvalue weighted by Gasteiger charge is 2.59. The third-order valence-electron chi connectivity index (χ3n) is 5.77. The Hall–Kier alpha value is -0.330. The van der Waals surface area contributed by atoms with Crippen molar-refractivity contribution in [1.29, 1.82) is 0 Å². The molecule has 0 radical (unpaired) electrons. The molecule has 1 N–H and O–H groups in total. The quantitative estimate of drug-likeness (QED) is 0.804. The summed E-state index contributed by atoms with van der Waals surface area (Å²) in [4.78, 5) is 14.9. The zero-order valence-electron chi connectivity index (χ0n) is 13.9. The van der Waals surface area contributed by atoms with Crippen LogP contribution in [0, 0.1) is 11.3 Å². The van der Waals surface area contributed by atoms with Crippen LogP contribution in [0.25, 0.3) is 0 Å². The summed E-state index contributed by atoms with van der Waals surface area (Å²) in [6.45, 7) is 4.85. The van der Waals surface area contributed by atoms with Crippen LogP contribution in [0.2, 0.25) is 0 Å². The van der Waals surface area contributed by atoms with Gasteiger partial charge in [-0.3, -0.25) is 4.79 Å².